The molecule has 0 bridgehead atoms. The Morgan fingerprint density at radius 1 is 1.40 bits per heavy atom. The summed E-state index contributed by atoms with van der Waals surface area (Å²) < 4.78 is 34.2. The lowest BCUT2D eigenvalue weighted by atomic mass is 10.2. The van der Waals surface area contributed by atoms with Gasteiger partial charge in [-0.05, 0) is 5.75 Å². The van der Waals surface area contributed by atoms with Gasteiger partial charge in [-0.2, -0.15) is 25.8 Å². The highest BCUT2D eigenvalue weighted by Gasteiger charge is 2.30. The molecule has 0 spiro atoms. The molecule has 0 amide bonds. The highest BCUT2D eigenvalue weighted by atomic mass is 32.1. The van der Waals surface area contributed by atoms with Crippen molar-refractivity contribution in [3.63, 3.8) is 0 Å². The second kappa shape index (κ2) is 3.85. The number of rotatable bonds is 3. The molecular weight excluding hydrogens is 165 g/mol. The molecule has 0 aromatic carbocycles. The largest absolute Gasteiger partial charge is 0.395 e. The molecule has 0 unspecified atom stereocenters. The molecule has 60 valence electrons. The number of halogens is 3. The Balaban J connectivity index is 3.58. The van der Waals surface area contributed by atoms with E-state index in [2.05, 4.69) is 12.6 Å². The van der Waals surface area contributed by atoms with Gasteiger partial charge in [-0.15, -0.1) is 0 Å². The zero-order chi connectivity index (χ0) is 8.20. The van der Waals surface area contributed by atoms with Gasteiger partial charge in [-0.25, -0.2) is 0 Å². The van der Waals surface area contributed by atoms with Crippen molar-refractivity contribution in [3.05, 3.63) is 0 Å². The Morgan fingerprint density at radius 2 is 1.90 bits per heavy atom. The van der Waals surface area contributed by atoms with E-state index in [9.17, 15) is 18.0 Å². The van der Waals surface area contributed by atoms with Crippen molar-refractivity contribution >= 4 is 18.4 Å². The normalized spacial score (nSPS) is 11.6. The van der Waals surface area contributed by atoms with Crippen molar-refractivity contribution < 1.29 is 18.0 Å². The topological polar surface area (TPSA) is 17.1 Å². The van der Waals surface area contributed by atoms with E-state index in [-0.39, 0.29) is 12.2 Å². The highest BCUT2D eigenvalue weighted by molar-refractivity contribution is 7.80. The quantitative estimate of drug-likeness (QED) is 0.642. The summed E-state index contributed by atoms with van der Waals surface area (Å²) in [4.78, 5) is 10.3. The Bertz CT molecular complexity index is 121. The number of alkyl halides is 3. The number of ketones is 1. The average molecular weight is 172 g/mol. The van der Waals surface area contributed by atoms with Crippen molar-refractivity contribution in [1.82, 2.24) is 0 Å². The summed E-state index contributed by atoms with van der Waals surface area (Å²) >= 11 is 3.62. The van der Waals surface area contributed by atoms with Crippen LogP contribution in [-0.2, 0) is 4.79 Å². The molecule has 0 aromatic rings. The fourth-order valence-corrected chi connectivity index (χ4v) is 0.686. The van der Waals surface area contributed by atoms with Gasteiger partial charge < -0.3 is 0 Å². The predicted molar refractivity (Wildman–Crippen MR) is 34.1 cm³/mol. The molecule has 0 radical (unpaired) electrons. The number of Topliss-reactive ketones (excluding diaryl/α,β-unsaturated/α-hetero) is 1. The van der Waals surface area contributed by atoms with Gasteiger partial charge in [0.15, 0.2) is 0 Å². The second-order valence-electron chi connectivity index (χ2n) is 1.80. The van der Waals surface area contributed by atoms with Crippen LogP contribution in [0.3, 0.4) is 0 Å². The van der Waals surface area contributed by atoms with Gasteiger partial charge in [0.1, 0.15) is 12.2 Å². The number of hydrogen-bond donors (Lipinski definition) is 1. The molecule has 0 aliphatic heterocycles. The van der Waals surface area contributed by atoms with Crippen molar-refractivity contribution in [2.45, 2.75) is 19.0 Å². The molecule has 0 heterocycles. The monoisotopic (exact) mass is 172 g/mol. The van der Waals surface area contributed by atoms with Crippen LogP contribution in [0.2, 0.25) is 0 Å². The lowest BCUT2D eigenvalue weighted by Gasteiger charge is -2.02. The van der Waals surface area contributed by atoms with E-state index >= 15 is 0 Å². The van der Waals surface area contributed by atoms with E-state index in [1.54, 1.807) is 0 Å². The smallest absolute Gasteiger partial charge is 0.299 e. The molecule has 0 saturated carbocycles. The maximum absolute atomic E-state index is 11.4. The molecule has 0 atom stereocenters. The average Bonchev–Trinajstić information content (AvgIpc) is 1.59. The van der Waals surface area contributed by atoms with Gasteiger partial charge >= 0.3 is 6.18 Å². The zero-order valence-corrected chi connectivity index (χ0v) is 6.01. The third kappa shape index (κ3) is 5.94. The second-order valence-corrected chi connectivity index (χ2v) is 2.25. The Kier molecular flexibility index (Phi) is 3.78. The summed E-state index contributed by atoms with van der Waals surface area (Å²) in [6.45, 7) is 0. The standard InChI is InChI=1S/C5H7F3OS/c6-5(7,8)3-4(9)1-2-10/h10H,1-3H2. The van der Waals surface area contributed by atoms with E-state index in [1.807, 2.05) is 0 Å². The van der Waals surface area contributed by atoms with E-state index < -0.39 is 18.4 Å². The third-order valence-corrected chi connectivity index (χ3v) is 1.01. The minimum absolute atomic E-state index is 0.109. The van der Waals surface area contributed by atoms with Crippen LogP contribution in [0.4, 0.5) is 13.2 Å². The summed E-state index contributed by atoms with van der Waals surface area (Å²) in [6, 6.07) is 0. The molecular formula is C5H7F3OS. The Labute approximate surface area is 62.0 Å². The lowest BCUT2D eigenvalue weighted by Crippen LogP contribution is -2.14. The predicted octanol–water partition coefficient (Wildman–Crippen LogP) is 1.83. The van der Waals surface area contributed by atoms with Gasteiger partial charge in [-0.3, -0.25) is 4.79 Å². The molecule has 0 saturated heterocycles. The minimum Gasteiger partial charge on any atom is -0.299 e. The maximum Gasteiger partial charge on any atom is 0.395 e. The summed E-state index contributed by atoms with van der Waals surface area (Å²) in [7, 11) is 0. The summed E-state index contributed by atoms with van der Waals surface area (Å²) in [5.74, 6) is -0.628. The first-order valence-electron chi connectivity index (χ1n) is 2.65. The highest BCUT2D eigenvalue weighted by Crippen LogP contribution is 2.20. The van der Waals surface area contributed by atoms with Crippen LogP contribution >= 0.6 is 12.6 Å². The van der Waals surface area contributed by atoms with Crippen LogP contribution in [0, 0.1) is 0 Å². The number of hydrogen-bond acceptors (Lipinski definition) is 2. The SMILES string of the molecule is O=C(CCS)CC(F)(F)F. The molecule has 0 fully saturated rings. The third-order valence-electron chi connectivity index (χ3n) is 0.788. The van der Waals surface area contributed by atoms with Crippen molar-refractivity contribution in [2.24, 2.45) is 0 Å². The molecule has 5 heteroatoms. The summed E-state index contributed by atoms with van der Waals surface area (Å²) in [5.41, 5.74) is 0. The molecule has 0 rings (SSSR count). The molecule has 0 aliphatic carbocycles. The Hall–Kier alpha value is -0.190. The first-order valence-corrected chi connectivity index (χ1v) is 3.28. The van der Waals surface area contributed by atoms with E-state index in [0.717, 1.165) is 0 Å². The Morgan fingerprint density at radius 3 is 2.20 bits per heavy atom. The minimum atomic E-state index is -4.36. The molecule has 0 aromatic heterocycles. The fourth-order valence-electron chi connectivity index (χ4n) is 0.437. The molecule has 0 aliphatic rings. The first-order chi connectivity index (χ1) is 4.45. The van der Waals surface area contributed by atoms with Crippen LogP contribution in [0.25, 0.3) is 0 Å². The number of carbonyl (C=O) groups is 1. The lowest BCUT2D eigenvalue weighted by molar-refractivity contribution is -0.151. The van der Waals surface area contributed by atoms with Crippen LogP contribution in [0.1, 0.15) is 12.8 Å². The summed E-state index contributed by atoms with van der Waals surface area (Å²) in [6.07, 6.45) is -5.80. The van der Waals surface area contributed by atoms with Crippen molar-refractivity contribution in [1.29, 1.82) is 0 Å². The van der Waals surface area contributed by atoms with Crippen molar-refractivity contribution in [2.75, 3.05) is 5.75 Å². The molecule has 0 N–H and O–H groups in total. The van der Waals surface area contributed by atoms with Crippen LogP contribution in [0.15, 0.2) is 0 Å². The van der Waals surface area contributed by atoms with Gasteiger partial charge in [0.25, 0.3) is 0 Å². The van der Waals surface area contributed by atoms with E-state index in [4.69, 9.17) is 0 Å². The van der Waals surface area contributed by atoms with E-state index in [0.29, 0.717) is 0 Å². The zero-order valence-electron chi connectivity index (χ0n) is 5.11. The van der Waals surface area contributed by atoms with E-state index in [1.165, 1.54) is 0 Å². The van der Waals surface area contributed by atoms with Crippen LogP contribution < -0.4 is 0 Å². The van der Waals surface area contributed by atoms with Gasteiger partial charge in [0.2, 0.25) is 0 Å². The number of thiol groups is 1. The van der Waals surface area contributed by atoms with Crippen LogP contribution in [-0.4, -0.2) is 17.7 Å². The van der Waals surface area contributed by atoms with Gasteiger partial charge in [0.05, 0.1) is 0 Å². The fraction of sp³-hybridized carbons (Fsp3) is 0.800. The van der Waals surface area contributed by atoms with Crippen molar-refractivity contribution in [3.8, 4) is 0 Å². The maximum atomic E-state index is 11.4. The number of carbonyl (C=O) groups excluding carboxylic acids is 1. The van der Waals surface area contributed by atoms with Crippen LogP contribution in [0.5, 0.6) is 0 Å². The summed E-state index contributed by atoms with van der Waals surface area (Å²) in [5, 5.41) is 0. The molecule has 10 heavy (non-hydrogen) atoms. The molecule has 1 nitrogen and oxygen atoms in total. The first kappa shape index (κ1) is 9.81. The van der Waals surface area contributed by atoms with Gasteiger partial charge in [-0.1, -0.05) is 0 Å². The van der Waals surface area contributed by atoms with Gasteiger partial charge in [0, 0.05) is 6.42 Å².